The Bertz CT molecular complexity index is 1050. The third-order valence-corrected chi connectivity index (χ3v) is 8.38. The highest BCUT2D eigenvalue weighted by Gasteiger charge is 2.31. The third-order valence-electron chi connectivity index (χ3n) is 7.10. The Labute approximate surface area is 220 Å². The molecule has 1 atom stereocenters. The molecule has 2 fully saturated rings. The van der Waals surface area contributed by atoms with Crippen molar-refractivity contribution in [2.75, 3.05) is 32.7 Å². The molecule has 1 aromatic carbocycles. The Hall–Kier alpha value is -2.38. The maximum Gasteiger partial charge on any atom is 0.407 e. The predicted molar refractivity (Wildman–Crippen MR) is 147 cm³/mol. The maximum absolute atomic E-state index is 13.3. The van der Waals surface area contributed by atoms with Gasteiger partial charge >= 0.3 is 6.09 Å². The molecule has 2 aliphatic heterocycles. The van der Waals surface area contributed by atoms with Crippen LogP contribution in [0.25, 0.3) is 10.4 Å². The van der Waals surface area contributed by atoms with Crippen LogP contribution in [0.4, 0.5) is 4.79 Å². The van der Waals surface area contributed by atoms with E-state index >= 15 is 0 Å². The van der Waals surface area contributed by atoms with Crippen molar-refractivity contribution in [1.82, 2.24) is 15.1 Å². The zero-order valence-corrected chi connectivity index (χ0v) is 23.2. The number of nitrogens with zero attached hydrogens (tertiary/aromatic N) is 2. The zero-order valence-electron chi connectivity index (χ0n) is 22.4. The molecule has 2 aromatic rings. The minimum Gasteiger partial charge on any atom is -0.444 e. The molecule has 1 N–H and O–H groups in total. The summed E-state index contributed by atoms with van der Waals surface area (Å²) >= 11 is 1.57. The summed E-state index contributed by atoms with van der Waals surface area (Å²) in [5, 5.41) is 2.90. The van der Waals surface area contributed by atoms with Crippen LogP contribution in [0.5, 0.6) is 0 Å². The number of thiophene rings is 1. The van der Waals surface area contributed by atoms with E-state index in [-0.39, 0.29) is 11.9 Å². The van der Waals surface area contributed by atoms with E-state index in [4.69, 9.17) is 4.74 Å². The van der Waals surface area contributed by atoms with Gasteiger partial charge in [0.2, 0.25) is 0 Å². The first-order chi connectivity index (χ1) is 17.1. The van der Waals surface area contributed by atoms with E-state index in [0.29, 0.717) is 19.0 Å². The Kier molecular flexibility index (Phi) is 8.41. The Balaban J connectivity index is 1.35. The van der Waals surface area contributed by atoms with Crippen LogP contribution >= 0.6 is 11.3 Å². The maximum atomic E-state index is 13.3. The van der Waals surface area contributed by atoms with Crippen molar-refractivity contribution in [1.29, 1.82) is 0 Å². The van der Waals surface area contributed by atoms with Crippen LogP contribution < -0.4 is 5.32 Å². The van der Waals surface area contributed by atoms with Crippen LogP contribution in [-0.2, 0) is 4.74 Å². The van der Waals surface area contributed by atoms with Crippen molar-refractivity contribution < 1.29 is 14.3 Å². The average Bonchev–Trinajstić information content (AvgIpc) is 3.45. The molecule has 6 nitrogen and oxygen atoms in total. The van der Waals surface area contributed by atoms with E-state index in [2.05, 4.69) is 47.5 Å². The highest BCUT2D eigenvalue weighted by molar-refractivity contribution is 7.17. The number of rotatable bonds is 6. The predicted octanol–water partition coefficient (Wildman–Crippen LogP) is 6.05. The van der Waals surface area contributed by atoms with Crippen molar-refractivity contribution >= 4 is 23.3 Å². The molecule has 1 aromatic heterocycles. The summed E-state index contributed by atoms with van der Waals surface area (Å²) in [6.07, 6.45) is 4.00. The van der Waals surface area contributed by atoms with E-state index in [1.807, 2.05) is 32.6 Å². The number of benzene rings is 1. The molecule has 0 spiro atoms. The number of aryl methyl sites for hydroxylation is 1. The molecule has 3 heterocycles. The van der Waals surface area contributed by atoms with Crippen molar-refractivity contribution in [3.8, 4) is 10.4 Å². The number of ether oxygens (including phenoxy) is 1. The number of alkyl carbamates (subject to hydrolysis) is 1. The summed E-state index contributed by atoms with van der Waals surface area (Å²) < 4.78 is 5.36. The van der Waals surface area contributed by atoms with Gasteiger partial charge in [0.1, 0.15) is 5.60 Å². The van der Waals surface area contributed by atoms with Crippen LogP contribution in [0.1, 0.15) is 80.1 Å². The summed E-state index contributed by atoms with van der Waals surface area (Å²) in [5.74, 6) is 0.694. The number of carbonyl (C=O) groups is 2. The van der Waals surface area contributed by atoms with Gasteiger partial charge in [-0.05, 0) is 102 Å². The fourth-order valence-corrected chi connectivity index (χ4v) is 6.39. The summed E-state index contributed by atoms with van der Waals surface area (Å²) in [4.78, 5) is 31.7. The number of hydrogen-bond donors (Lipinski definition) is 1. The second kappa shape index (κ2) is 11.3. The van der Waals surface area contributed by atoms with Gasteiger partial charge in [-0.3, -0.25) is 4.79 Å². The number of nitrogens with one attached hydrogen (secondary N) is 1. The Morgan fingerprint density at radius 1 is 1.08 bits per heavy atom. The topological polar surface area (TPSA) is 61.9 Å². The molecule has 2 amide bonds. The molecule has 0 bridgehead atoms. The quantitative estimate of drug-likeness (QED) is 0.513. The van der Waals surface area contributed by atoms with Crippen LogP contribution in [-0.4, -0.2) is 66.2 Å². The van der Waals surface area contributed by atoms with Gasteiger partial charge in [-0.2, -0.15) is 0 Å². The van der Waals surface area contributed by atoms with Gasteiger partial charge < -0.3 is 19.9 Å². The lowest BCUT2D eigenvalue weighted by atomic mass is 9.89. The van der Waals surface area contributed by atoms with Gasteiger partial charge in [-0.25, -0.2) is 4.79 Å². The standard InChI is InChI=1S/C29H41N3O3S/c1-6-14-31-15-11-22(12-16-31)21-7-9-23(10-8-21)25-18-20(2)26(36-25)27(33)32-17-13-24(19-32)30-28(34)35-29(3,4)5/h7-10,18,22,24H,6,11-17,19H2,1-5H3,(H,30,34)/t24-/m0/s1. The molecule has 4 rings (SSSR count). The first-order valence-corrected chi connectivity index (χ1v) is 14.2. The fourth-order valence-electron chi connectivity index (χ4n) is 5.24. The van der Waals surface area contributed by atoms with Crippen molar-refractivity contribution in [3.05, 3.63) is 46.3 Å². The average molecular weight is 512 g/mol. The van der Waals surface area contributed by atoms with Crippen molar-refractivity contribution in [2.45, 2.75) is 77.9 Å². The normalized spacial score (nSPS) is 19.5. The summed E-state index contributed by atoms with van der Waals surface area (Å²) in [6, 6.07) is 11.0. The molecule has 0 radical (unpaired) electrons. The number of amides is 2. The van der Waals surface area contributed by atoms with E-state index in [1.165, 1.54) is 50.0 Å². The second-order valence-electron chi connectivity index (χ2n) is 11.2. The Morgan fingerprint density at radius 3 is 2.42 bits per heavy atom. The fraction of sp³-hybridized carbons (Fsp3) is 0.586. The molecular weight excluding hydrogens is 470 g/mol. The second-order valence-corrected chi connectivity index (χ2v) is 12.3. The first kappa shape index (κ1) is 26.7. The van der Waals surface area contributed by atoms with Gasteiger partial charge in [0.05, 0.1) is 10.9 Å². The molecule has 7 heteroatoms. The lowest BCUT2D eigenvalue weighted by molar-refractivity contribution is 0.0502. The van der Waals surface area contributed by atoms with Gasteiger partial charge in [-0.15, -0.1) is 11.3 Å². The first-order valence-electron chi connectivity index (χ1n) is 13.3. The van der Waals surface area contributed by atoms with E-state index in [0.717, 1.165) is 21.7 Å². The summed E-state index contributed by atoms with van der Waals surface area (Å²) in [7, 11) is 0. The van der Waals surface area contributed by atoms with Gasteiger partial charge in [-0.1, -0.05) is 31.2 Å². The Morgan fingerprint density at radius 2 is 1.78 bits per heavy atom. The highest BCUT2D eigenvalue weighted by Crippen LogP contribution is 2.35. The minimum absolute atomic E-state index is 0.0488. The number of carbonyl (C=O) groups excluding carboxylic acids is 2. The molecule has 36 heavy (non-hydrogen) atoms. The minimum atomic E-state index is -0.535. The molecule has 2 aliphatic rings. The molecule has 2 saturated heterocycles. The lowest BCUT2D eigenvalue weighted by Gasteiger charge is -2.32. The molecular formula is C29H41N3O3S. The van der Waals surface area contributed by atoms with Gasteiger partial charge in [0, 0.05) is 18.0 Å². The number of hydrogen-bond acceptors (Lipinski definition) is 5. The molecule has 0 aliphatic carbocycles. The lowest BCUT2D eigenvalue weighted by Crippen LogP contribution is -2.41. The van der Waals surface area contributed by atoms with E-state index in [9.17, 15) is 9.59 Å². The van der Waals surface area contributed by atoms with Gasteiger partial charge in [0.25, 0.3) is 5.91 Å². The van der Waals surface area contributed by atoms with Crippen LogP contribution in [0.2, 0.25) is 0 Å². The van der Waals surface area contributed by atoms with E-state index < -0.39 is 11.7 Å². The van der Waals surface area contributed by atoms with Crippen molar-refractivity contribution in [2.24, 2.45) is 0 Å². The molecule has 0 saturated carbocycles. The largest absolute Gasteiger partial charge is 0.444 e. The number of likely N-dealkylation sites (tertiary alicyclic amines) is 2. The van der Waals surface area contributed by atoms with Crippen LogP contribution in [0.15, 0.2) is 30.3 Å². The summed E-state index contributed by atoms with van der Waals surface area (Å²) in [6.45, 7) is 14.5. The molecule has 0 unspecified atom stereocenters. The van der Waals surface area contributed by atoms with Crippen LogP contribution in [0.3, 0.4) is 0 Å². The zero-order chi connectivity index (χ0) is 25.9. The summed E-state index contributed by atoms with van der Waals surface area (Å²) in [5.41, 5.74) is 3.07. The SMILES string of the molecule is CCCN1CCC(c2ccc(-c3cc(C)c(C(=O)N4CC[C@H](NC(=O)OC(C)(C)C)C4)s3)cc2)CC1. The molecule has 196 valence electrons. The monoisotopic (exact) mass is 511 g/mol. The third kappa shape index (κ3) is 6.68. The number of piperidine rings is 1. The smallest absolute Gasteiger partial charge is 0.407 e. The van der Waals surface area contributed by atoms with Crippen molar-refractivity contribution in [3.63, 3.8) is 0 Å². The van der Waals surface area contributed by atoms with E-state index in [1.54, 1.807) is 11.3 Å². The highest BCUT2D eigenvalue weighted by atomic mass is 32.1. The van der Waals surface area contributed by atoms with Gasteiger partial charge in [0.15, 0.2) is 0 Å². The van der Waals surface area contributed by atoms with Crippen LogP contribution in [0, 0.1) is 6.92 Å².